The van der Waals surface area contributed by atoms with Gasteiger partial charge in [-0.25, -0.2) is 8.42 Å². The Morgan fingerprint density at radius 2 is 1.78 bits per heavy atom. The smallest absolute Gasteiger partial charge is 0.305 e. The van der Waals surface area contributed by atoms with Crippen molar-refractivity contribution in [3.63, 3.8) is 0 Å². The zero-order chi connectivity index (χ0) is 13.8. The van der Waals surface area contributed by atoms with Gasteiger partial charge in [-0.15, -0.1) is 0 Å². The van der Waals surface area contributed by atoms with E-state index in [9.17, 15) is 18.0 Å². The van der Waals surface area contributed by atoms with Crippen molar-refractivity contribution in [2.45, 2.75) is 11.3 Å². The molecule has 0 fully saturated rings. The molecule has 1 aromatic rings. The number of aliphatic carboxylic acids is 1. The van der Waals surface area contributed by atoms with Crippen LogP contribution in [0.25, 0.3) is 0 Å². The molecule has 0 atom stereocenters. The molecule has 18 heavy (non-hydrogen) atoms. The standard InChI is InChI=1S/C11H13NO5S/c1-18(16,17)9-4-2-8(3-5-9)11(15)12-7-6-10(13)14/h2-5H,6-7H2,1H3,(H,12,15)(H,13,14). The first-order chi connectivity index (χ1) is 8.30. The summed E-state index contributed by atoms with van der Waals surface area (Å²) in [6, 6.07) is 5.43. The number of hydrogen-bond acceptors (Lipinski definition) is 4. The number of carboxylic acid groups (broad SMARTS) is 1. The summed E-state index contributed by atoms with van der Waals surface area (Å²) in [6.07, 6.45) is 0.919. The van der Waals surface area contributed by atoms with E-state index in [1.54, 1.807) is 0 Å². The van der Waals surface area contributed by atoms with Gasteiger partial charge in [-0.3, -0.25) is 9.59 Å². The first kappa shape index (κ1) is 14.2. The molecule has 1 aromatic carbocycles. The molecule has 0 aliphatic heterocycles. The predicted molar refractivity (Wildman–Crippen MR) is 64.1 cm³/mol. The van der Waals surface area contributed by atoms with Crippen LogP contribution in [0, 0.1) is 0 Å². The van der Waals surface area contributed by atoms with Crippen LogP contribution in [-0.2, 0) is 14.6 Å². The van der Waals surface area contributed by atoms with E-state index >= 15 is 0 Å². The third-order valence-corrected chi connectivity index (χ3v) is 3.30. The first-order valence-electron chi connectivity index (χ1n) is 5.11. The summed E-state index contributed by atoms with van der Waals surface area (Å²) < 4.78 is 22.4. The van der Waals surface area contributed by atoms with Crippen molar-refractivity contribution in [2.75, 3.05) is 12.8 Å². The number of benzene rings is 1. The Kier molecular flexibility index (Phi) is 4.43. The molecule has 0 heterocycles. The third-order valence-electron chi connectivity index (χ3n) is 2.17. The lowest BCUT2D eigenvalue weighted by Gasteiger charge is -2.04. The third kappa shape index (κ3) is 4.17. The molecule has 0 saturated carbocycles. The van der Waals surface area contributed by atoms with E-state index in [0.29, 0.717) is 0 Å². The second-order valence-corrected chi connectivity index (χ2v) is 5.71. The lowest BCUT2D eigenvalue weighted by Crippen LogP contribution is -2.25. The van der Waals surface area contributed by atoms with E-state index in [1.165, 1.54) is 24.3 Å². The fraction of sp³-hybridized carbons (Fsp3) is 0.273. The van der Waals surface area contributed by atoms with Crippen LogP contribution in [-0.4, -0.2) is 38.2 Å². The molecule has 1 amide bonds. The van der Waals surface area contributed by atoms with Crippen LogP contribution in [0.15, 0.2) is 29.2 Å². The topological polar surface area (TPSA) is 101 Å². The molecule has 0 radical (unpaired) electrons. The zero-order valence-electron chi connectivity index (χ0n) is 9.71. The van der Waals surface area contributed by atoms with Crippen molar-refractivity contribution in [2.24, 2.45) is 0 Å². The largest absolute Gasteiger partial charge is 0.481 e. The van der Waals surface area contributed by atoms with Crippen LogP contribution >= 0.6 is 0 Å². The molecule has 98 valence electrons. The van der Waals surface area contributed by atoms with E-state index in [4.69, 9.17) is 5.11 Å². The fourth-order valence-electron chi connectivity index (χ4n) is 1.24. The molecule has 7 heteroatoms. The summed E-state index contributed by atoms with van der Waals surface area (Å²) >= 11 is 0. The number of sulfone groups is 1. The predicted octanol–water partition coefficient (Wildman–Crippen LogP) is 0.295. The van der Waals surface area contributed by atoms with E-state index in [0.717, 1.165) is 6.26 Å². The highest BCUT2D eigenvalue weighted by Gasteiger charge is 2.09. The second-order valence-electron chi connectivity index (χ2n) is 3.70. The Labute approximate surface area is 105 Å². The molecule has 0 aromatic heterocycles. The van der Waals surface area contributed by atoms with Gasteiger partial charge in [-0.05, 0) is 24.3 Å². The minimum Gasteiger partial charge on any atom is -0.481 e. The van der Waals surface area contributed by atoms with Gasteiger partial charge >= 0.3 is 5.97 Å². The van der Waals surface area contributed by atoms with Crippen molar-refractivity contribution < 1.29 is 23.1 Å². The van der Waals surface area contributed by atoms with E-state index in [1.807, 2.05) is 0 Å². The summed E-state index contributed by atoms with van der Waals surface area (Å²) in [5, 5.41) is 10.8. The monoisotopic (exact) mass is 271 g/mol. The normalized spacial score (nSPS) is 10.9. The lowest BCUT2D eigenvalue weighted by molar-refractivity contribution is -0.136. The number of carbonyl (C=O) groups excluding carboxylic acids is 1. The summed E-state index contributed by atoms with van der Waals surface area (Å²) in [7, 11) is -3.28. The first-order valence-corrected chi connectivity index (χ1v) is 7.00. The van der Waals surface area contributed by atoms with Gasteiger partial charge in [0.05, 0.1) is 11.3 Å². The minimum absolute atomic E-state index is 0.0298. The molecular formula is C11H13NO5S. The van der Waals surface area contributed by atoms with Crippen LogP contribution in [0.5, 0.6) is 0 Å². The molecule has 0 aliphatic rings. The van der Waals surface area contributed by atoms with Crippen molar-refractivity contribution in [3.05, 3.63) is 29.8 Å². The van der Waals surface area contributed by atoms with E-state index < -0.39 is 21.7 Å². The average Bonchev–Trinajstić information content (AvgIpc) is 2.27. The van der Waals surface area contributed by atoms with Gasteiger partial charge in [0.2, 0.25) is 0 Å². The van der Waals surface area contributed by atoms with Gasteiger partial charge in [-0.1, -0.05) is 0 Å². The molecule has 1 rings (SSSR count). The Hall–Kier alpha value is -1.89. The summed E-state index contributed by atoms with van der Waals surface area (Å²) in [5.74, 6) is -1.43. The molecule has 0 unspecified atom stereocenters. The fourth-order valence-corrected chi connectivity index (χ4v) is 1.87. The lowest BCUT2D eigenvalue weighted by atomic mass is 10.2. The molecule has 0 aliphatic carbocycles. The Morgan fingerprint density at radius 3 is 2.22 bits per heavy atom. The van der Waals surface area contributed by atoms with E-state index in [2.05, 4.69) is 5.32 Å². The van der Waals surface area contributed by atoms with Crippen molar-refractivity contribution in [1.82, 2.24) is 5.32 Å². The van der Waals surface area contributed by atoms with Crippen LogP contribution in [0.1, 0.15) is 16.8 Å². The molecular weight excluding hydrogens is 258 g/mol. The van der Waals surface area contributed by atoms with Gasteiger partial charge in [0, 0.05) is 18.4 Å². The van der Waals surface area contributed by atoms with Crippen molar-refractivity contribution in [1.29, 1.82) is 0 Å². The summed E-state index contributed by atoms with van der Waals surface area (Å²) in [4.78, 5) is 21.9. The summed E-state index contributed by atoms with van der Waals surface area (Å²) in [6.45, 7) is 0.0298. The SMILES string of the molecule is CS(=O)(=O)c1ccc(C(=O)NCCC(=O)O)cc1. The van der Waals surface area contributed by atoms with Crippen LogP contribution < -0.4 is 5.32 Å². The maximum atomic E-state index is 11.5. The van der Waals surface area contributed by atoms with Crippen molar-refractivity contribution >= 4 is 21.7 Å². The summed E-state index contributed by atoms with van der Waals surface area (Å²) in [5.41, 5.74) is 0.285. The quantitative estimate of drug-likeness (QED) is 0.802. The molecule has 0 saturated heterocycles. The van der Waals surface area contributed by atoms with Crippen LogP contribution in [0.2, 0.25) is 0 Å². The zero-order valence-corrected chi connectivity index (χ0v) is 10.5. The van der Waals surface area contributed by atoms with Crippen LogP contribution in [0.3, 0.4) is 0 Å². The Morgan fingerprint density at radius 1 is 1.22 bits per heavy atom. The minimum atomic E-state index is -3.28. The van der Waals surface area contributed by atoms with Crippen molar-refractivity contribution in [3.8, 4) is 0 Å². The number of hydrogen-bond donors (Lipinski definition) is 2. The Balaban J connectivity index is 2.68. The molecule has 6 nitrogen and oxygen atoms in total. The van der Waals surface area contributed by atoms with Gasteiger partial charge < -0.3 is 10.4 Å². The van der Waals surface area contributed by atoms with Gasteiger partial charge in [0.15, 0.2) is 9.84 Å². The van der Waals surface area contributed by atoms with Crippen LogP contribution in [0.4, 0.5) is 0 Å². The maximum Gasteiger partial charge on any atom is 0.305 e. The Bertz CT molecular complexity index is 547. The molecule has 0 spiro atoms. The van der Waals surface area contributed by atoms with Gasteiger partial charge in [-0.2, -0.15) is 0 Å². The highest BCUT2D eigenvalue weighted by atomic mass is 32.2. The number of nitrogens with one attached hydrogen (secondary N) is 1. The maximum absolute atomic E-state index is 11.5. The highest BCUT2D eigenvalue weighted by Crippen LogP contribution is 2.10. The number of amides is 1. The molecule has 0 bridgehead atoms. The average molecular weight is 271 g/mol. The van der Waals surface area contributed by atoms with Gasteiger partial charge in [0.25, 0.3) is 5.91 Å². The van der Waals surface area contributed by atoms with Gasteiger partial charge in [0.1, 0.15) is 0 Å². The number of carboxylic acids is 1. The number of rotatable bonds is 5. The number of carbonyl (C=O) groups is 2. The van der Waals surface area contributed by atoms with E-state index in [-0.39, 0.29) is 23.4 Å². The molecule has 2 N–H and O–H groups in total. The second kappa shape index (κ2) is 5.63. The highest BCUT2D eigenvalue weighted by molar-refractivity contribution is 7.90.